The molecule has 7 nitrogen and oxygen atoms in total. The molecule has 2 aromatic carbocycles. The van der Waals surface area contributed by atoms with E-state index in [1.54, 1.807) is 13.2 Å². The number of anilines is 1. The van der Waals surface area contributed by atoms with E-state index in [1.807, 2.05) is 71.6 Å². The second kappa shape index (κ2) is 12.9. The molecule has 178 valence electrons. The summed E-state index contributed by atoms with van der Waals surface area (Å²) in [6.07, 6.45) is 3.33. The maximum atomic E-state index is 11.9. The molecule has 2 heterocycles. The highest BCUT2D eigenvalue weighted by molar-refractivity contribution is 14.0. The molecule has 0 bridgehead atoms. The number of ether oxygens (including phenoxy) is 1. The Morgan fingerprint density at radius 3 is 2.41 bits per heavy atom. The molecular weight excluding hydrogens is 541 g/mol. The topological polar surface area (TPSA) is 78.9 Å². The van der Waals surface area contributed by atoms with Crippen LogP contribution in [0.1, 0.15) is 29.5 Å². The van der Waals surface area contributed by atoms with E-state index in [9.17, 15) is 4.79 Å². The molecule has 8 heteroatoms. The number of rotatable bonds is 8. The molecule has 1 fully saturated rings. The fourth-order valence-electron chi connectivity index (χ4n) is 3.68. The Bertz CT molecular complexity index is 1090. The molecule has 0 spiro atoms. The molecule has 3 aromatic rings. The fraction of sp³-hybridized carbons (Fsp3) is 0.269. The van der Waals surface area contributed by atoms with Crippen molar-refractivity contribution in [1.82, 2.24) is 15.6 Å². The van der Waals surface area contributed by atoms with Gasteiger partial charge in [0, 0.05) is 51.1 Å². The monoisotopic (exact) mass is 571 g/mol. The minimum Gasteiger partial charge on any atom is -0.473 e. The van der Waals surface area contributed by atoms with Crippen molar-refractivity contribution in [3.05, 3.63) is 89.6 Å². The number of amides is 1. The lowest BCUT2D eigenvalue weighted by molar-refractivity contribution is -0.117. The Labute approximate surface area is 217 Å². The SMILES string of the molecule is CN=C(NCc1ccc(N2CCCC2=O)cc1)NCc1ccnc(OCc2ccccc2)c1.I. The summed E-state index contributed by atoms with van der Waals surface area (Å²) >= 11 is 0. The molecule has 1 aliphatic heterocycles. The number of halogens is 1. The van der Waals surface area contributed by atoms with Crippen molar-refractivity contribution in [3.8, 4) is 5.88 Å². The maximum Gasteiger partial charge on any atom is 0.227 e. The van der Waals surface area contributed by atoms with Gasteiger partial charge >= 0.3 is 0 Å². The number of carbonyl (C=O) groups is 1. The van der Waals surface area contributed by atoms with E-state index in [4.69, 9.17) is 4.74 Å². The van der Waals surface area contributed by atoms with Gasteiger partial charge in [-0.1, -0.05) is 42.5 Å². The lowest BCUT2D eigenvalue weighted by atomic mass is 10.2. The number of pyridine rings is 1. The first-order chi connectivity index (χ1) is 16.2. The van der Waals surface area contributed by atoms with Crippen LogP contribution in [0.5, 0.6) is 5.88 Å². The van der Waals surface area contributed by atoms with Gasteiger partial charge in [0.15, 0.2) is 5.96 Å². The van der Waals surface area contributed by atoms with Crippen LogP contribution in [-0.2, 0) is 24.5 Å². The van der Waals surface area contributed by atoms with Crippen LogP contribution in [0.2, 0.25) is 0 Å². The second-order valence-corrected chi connectivity index (χ2v) is 7.87. The number of aromatic nitrogens is 1. The van der Waals surface area contributed by atoms with Gasteiger partial charge in [-0.25, -0.2) is 4.98 Å². The zero-order valence-corrected chi connectivity index (χ0v) is 21.6. The quantitative estimate of drug-likeness (QED) is 0.240. The summed E-state index contributed by atoms with van der Waals surface area (Å²) in [5.74, 6) is 1.50. The third-order valence-electron chi connectivity index (χ3n) is 5.49. The van der Waals surface area contributed by atoms with E-state index in [2.05, 4.69) is 20.6 Å². The fourth-order valence-corrected chi connectivity index (χ4v) is 3.68. The largest absolute Gasteiger partial charge is 0.473 e. The zero-order valence-electron chi connectivity index (χ0n) is 19.2. The number of benzene rings is 2. The Kier molecular flexibility index (Phi) is 9.69. The van der Waals surface area contributed by atoms with E-state index in [1.165, 1.54) is 0 Å². The first kappa shape index (κ1) is 25.5. The minimum absolute atomic E-state index is 0. The molecule has 2 N–H and O–H groups in total. The van der Waals surface area contributed by atoms with Crippen molar-refractivity contribution in [3.63, 3.8) is 0 Å². The predicted octanol–water partition coefficient (Wildman–Crippen LogP) is 4.27. The van der Waals surface area contributed by atoms with E-state index < -0.39 is 0 Å². The van der Waals surface area contributed by atoms with Gasteiger partial charge in [-0.3, -0.25) is 9.79 Å². The summed E-state index contributed by atoms with van der Waals surface area (Å²) in [6, 6.07) is 22.0. The molecule has 1 aromatic heterocycles. The van der Waals surface area contributed by atoms with Gasteiger partial charge in [-0.2, -0.15) is 0 Å². The second-order valence-electron chi connectivity index (χ2n) is 7.87. The van der Waals surface area contributed by atoms with Crippen LogP contribution in [0, 0.1) is 0 Å². The summed E-state index contributed by atoms with van der Waals surface area (Å²) in [7, 11) is 1.75. The summed E-state index contributed by atoms with van der Waals surface area (Å²) in [4.78, 5) is 22.4. The molecule has 0 unspecified atom stereocenters. The normalized spacial score (nSPS) is 13.4. The van der Waals surface area contributed by atoms with Crippen LogP contribution >= 0.6 is 24.0 Å². The first-order valence-electron chi connectivity index (χ1n) is 11.2. The highest BCUT2D eigenvalue weighted by Gasteiger charge is 2.21. The van der Waals surface area contributed by atoms with Crippen LogP contribution in [-0.4, -0.2) is 30.4 Å². The average Bonchev–Trinajstić information content (AvgIpc) is 3.30. The van der Waals surface area contributed by atoms with Crippen LogP contribution in [0.25, 0.3) is 0 Å². The molecule has 0 atom stereocenters. The highest BCUT2D eigenvalue weighted by Crippen LogP contribution is 2.21. The third-order valence-corrected chi connectivity index (χ3v) is 5.49. The van der Waals surface area contributed by atoms with E-state index >= 15 is 0 Å². The van der Waals surface area contributed by atoms with E-state index in [0.29, 0.717) is 38.0 Å². The van der Waals surface area contributed by atoms with Gasteiger partial charge in [-0.15, -0.1) is 24.0 Å². The van der Waals surface area contributed by atoms with Gasteiger partial charge < -0.3 is 20.3 Å². The highest BCUT2D eigenvalue weighted by atomic mass is 127. The van der Waals surface area contributed by atoms with Gasteiger partial charge in [0.2, 0.25) is 11.8 Å². The first-order valence-corrected chi connectivity index (χ1v) is 11.2. The van der Waals surface area contributed by atoms with Gasteiger partial charge in [0.1, 0.15) is 6.61 Å². The zero-order chi connectivity index (χ0) is 22.9. The summed E-state index contributed by atoms with van der Waals surface area (Å²) < 4.78 is 5.82. The van der Waals surface area contributed by atoms with Crippen molar-refractivity contribution in [2.75, 3.05) is 18.5 Å². The Morgan fingerprint density at radius 2 is 1.74 bits per heavy atom. The van der Waals surface area contributed by atoms with E-state index in [0.717, 1.165) is 35.3 Å². The van der Waals surface area contributed by atoms with Crippen molar-refractivity contribution < 1.29 is 9.53 Å². The number of carbonyl (C=O) groups excluding carboxylic acids is 1. The lowest BCUT2D eigenvalue weighted by Crippen LogP contribution is -2.36. The molecule has 0 saturated carbocycles. The van der Waals surface area contributed by atoms with Crippen molar-refractivity contribution in [2.45, 2.75) is 32.5 Å². The number of hydrogen-bond acceptors (Lipinski definition) is 4. The Balaban J connectivity index is 0.00000324. The molecule has 4 rings (SSSR count). The molecule has 1 aliphatic rings. The average molecular weight is 571 g/mol. The Hall–Kier alpha value is -3.14. The number of guanidine groups is 1. The minimum atomic E-state index is 0. The molecule has 0 radical (unpaired) electrons. The van der Waals surface area contributed by atoms with Crippen LogP contribution in [0.4, 0.5) is 5.69 Å². The van der Waals surface area contributed by atoms with Crippen molar-refractivity contribution in [1.29, 1.82) is 0 Å². The molecule has 1 amide bonds. The summed E-state index contributed by atoms with van der Waals surface area (Å²) in [5.41, 5.74) is 4.24. The van der Waals surface area contributed by atoms with Crippen LogP contribution in [0.3, 0.4) is 0 Å². The van der Waals surface area contributed by atoms with E-state index in [-0.39, 0.29) is 29.9 Å². The van der Waals surface area contributed by atoms with Crippen LogP contribution < -0.4 is 20.3 Å². The molecule has 34 heavy (non-hydrogen) atoms. The lowest BCUT2D eigenvalue weighted by Gasteiger charge is -2.16. The van der Waals surface area contributed by atoms with Crippen molar-refractivity contribution in [2.24, 2.45) is 4.99 Å². The smallest absolute Gasteiger partial charge is 0.227 e. The number of aliphatic imine (C=N–C) groups is 1. The van der Waals surface area contributed by atoms with Gasteiger partial charge in [-0.05, 0) is 41.3 Å². The molecule has 1 saturated heterocycles. The summed E-state index contributed by atoms with van der Waals surface area (Å²) in [6.45, 7) is 2.52. The molecular formula is C26H30IN5O2. The number of hydrogen-bond donors (Lipinski definition) is 2. The third kappa shape index (κ3) is 7.18. The summed E-state index contributed by atoms with van der Waals surface area (Å²) in [5, 5.41) is 6.65. The van der Waals surface area contributed by atoms with Crippen LogP contribution in [0.15, 0.2) is 77.9 Å². The standard InChI is InChI=1S/C26H29N5O2.HI/c1-27-26(29-17-20-9-11-23(12-10-20)31-15-5-8-25(31)32)30-18-22-13-14-28-24(16-22)33-19-21-6-3-2-4-7-21;/h2-4,6-7,9-14,16H,5,8,15,17-19H2,1H3,(H2,27,29,30);1H. The van der Waals surface area contributed by atoms with Crippen molar-refractivity contribution >= 4 is 41.5 Å². The molecule has 0 aliphatic carbocycles. The number of nitrogens with zero attached hydrogens (tertiary/aromatic N) is 3. The number of nitrogens with one attached hydrogen (secondary N) is 2. The van der Waals surface area contributed by atoms with Gasteiger partial charge in [0.25, 0.3) is 0 Å². The Morgan fingerprint density at radius 1 is 1.00 bits per heavy atom. The maximum absolute atomic E-state index is 11.9. The predicted molar refractivity (Wildman–Crippen MR) is 145 cm³/mol. The van der Waals surface area contributed by atoms with Gasteiger partial charge in [0.05, 0.1) is 0 Å².